The number of aryl methyl sites for hydroxylation is 1. The van der Waals surface area contributed by atoms with E-state index in [9.17, 15) is 9.90 Å². The lowest BCUT2D eigenvalue weighted by atomic mass is 9.85. The van der Waals surface area contributed by atoms with E-state index in [1.165, 1.54) is 0 Å². The topological polar surface area (TPSA) is 90.9 Å². The third-order valence-corrected chi connectivity index (χ3v) is 4.35. The van der Waals surface area contributed by atoms with Crippen molar-refractivity contribution in [1.29, 1.82) is 0 Å². The van der Waals surface area contributed by atoms with Crippen molar-refractivity contribution < 1.29 is 9.90 Å². The number of phenols is 1. The van der Waals surface area contributed by atoms with Crippen LogP contribution in [0.25, 0.3) is 0 Å². The molecule has 0 unspecified atom stereocenters. The summed E-state index contributed by atoms with van der Waals surface area (Å²) >= 11 is 0. The fourth-order valence-corrected chi connectivity index (χ4v) is 2.99. The van der Waals surface area contributed by atoms with Crippen molar-refractivity contribution in [2.24, 2.45) is 5.92 Å². The van der Waals surface area contributed by atoms with Gasteiger partial charge in [0.2, 0.25) is 5.91 Å². The van der Waals surface area contributed by atoms with Crippen molar-refractivity contribution in [2.45, 2.75) is 45.4 Å². The first kappa shape index (κ1) is 15.5. The predicted molar refractivity (Wildman–Crippen MR) is 87.3 cm³/mol. The second-order valence-electron chi connectivity index (χ2n) is 7.10. The lowest BCUT2D eigenvalue weighted by Crippen LogP contribution is -2.28. The van der Waals surface area contributed by atoms with Crippen molar-refractivity contribution in [2.75, 3.05) is 5.32 Å². The molecule has 2 aromatic rings. The van der Waals surface area contributed by atoms with Crippen LogP contribution in [-0.2, 0) is 23.1 Å². The Morgan fingerprint density at radius 3 is 2.78 bits per heavy atom. The highest BCUT2D eigenvalue weighted by Gasteiger charge is 2.28. The Bertz CT molecular complexity index is 730. The van der Waals surface area contributed by atoms with E-state index in [4.69, 9.17) is 0 Å². The highest BCUT2D eigenvalue weighted by molar-refractivity contribution is 5.94. The molecule has 1 aromatic heterocycles. The lowest BCUT2D eigenvalue weighted by Gasteiger charge is -2.23. The molecule has 6 heteroatoms. The molecule has 3 rings (SSSR count). The van der Waals surface area contributed by atoms with Gasteiger partial charge in [-0.05, 0) is 24.3 Å². The first-order chi connectivity index (χ1) is 10.9. The SMILES string of the molecule is CC(C)(C)c1cccc(NC(=O)[C@H]2CCc3n[nH]nc3C2)c1O. The number of nitrogens with zero attached hydrogens (tertiary/aromatic N) is 2. The summed E-state index contributed by atoms with van der Waals surface area (Å²) in [6.45, 7) is 6.09. The first-order valence-corrected chi connectivity index (χ1v) is 7.88. The number of H-pyrrole nitrogens is 1. The molecular weight excluding hydrogens is 292 g/mol. The van der Waals surface area contributed by atoms with Gasteiger partial charge in [-0.1, -0.05) is 32.9 Å². The quantitative estimate of drug-likeness (QED) is 0.743. The fourth-order valence-electron chi connectivity index (χ4n) is 2.99. The number of hydrogen-bond donors (Lipinski definition) is 3. The number of nitrogens with one attached hydrogen (secondary N) is 2. The normalized spacial score (nSPS) is 17.6. The average molecular weight is 314 g/mol. The van der Waals surface area contributed by atoms with Crippen LogP contribution in [0.3, 0.4) is 0 Å². The van der Waals surface area contributed by atoms with Gasteiger partial charge in [-0.2, -0.15) is 15.4 Å². The second-order valence-corrected chi connectivity index (χ2v) is 7.10. The van der Waals surface area contributed by atoms with Crippen molar-refractivity contribution in [1.82, 2.24) is 15.4 Å². The Labute approximate surface area is 135 Å². The molecule has 0 saturated carbocycles. The van der Waals surface area contributed by atoms with Crippen molar-refractivity contribution in [3.63, 3.8) is 0 Å². The Balaban J connectivity index is 1.77. The number of para-hydroxylation sites is 1. The molecule has 0 saturated heterocycles. The van der Waals surface area contributed by atoms with Gasteiger partial charge in [-0.25, -0.2) is 0 Å². The maximum Gasteiger partial charge on any atom is 0.227 e. The molecule has 1 aromatic carbocycles. The number of carbonyl (C=O) groups excluding carboxylic acids is 1. The van der Waals surface area contributed by atoms with E-state index in [-0.39, 0.29) is 23.0 Å². The Morgan fingerprint density at radius 1 is 1.30 bits per heavy atom. The molecule has 1 atom stereocenters. The number of carbonyl (C=O) groups is 1. The van der Waals surface area contributed by atoms with Gasteiger partial charge >= 0.3 is 0 Å². The van der Waals surface area contributed by atoms with Gasteiger partial charge in [-0.15, -0.1) is 0 Å². The molecule has 0 bridgehead atoms. The number of benzene rings is 1. The number of aromatic nitrogens is 3. The van der Waals surface area contributed by atoms with Crippen LogP contribution in [-0.4, -0.2) is 26.4 Å². The molecule has 0 aliphatic heterocycles. The van der Waals surface area contributed by atoms with Crippen molar-refractivity contribution >= 4 is 11.6 Å². The van der Waals surface area contributed by atoms with E-state index < -0.39 is 0 Å². The standard InChI is InChI=1S/C17H22N4O2/c1-17(2,3)11-5-4-6-13(15(11)22)18-16(23)10-7-8-12-14(9-10)20-21-19-12/h4-6,10,22H,7-9H2,1-3H3,(H,18,23)(H,19,20,21)/t10-/m0/s1. The van der Waals surface area contributed by atoms with Crippen LogP contribution < -0.4 is 5.32 Å². The van der Waals surface area contributed by atoms with Crippen molar-refractivity contribution in [3.05, 3.63) is 35.2 Å². The molecule has 3 N–H and O–H groups in total. The Kier molecular flexibility index (Phi) is 3.83. The van der Waals surface area contributed by atoms with Gasteiger partial charge in [0.25, 0.3) is 0 Å². The largest absolute Gasteiger partial charge is 0.505 e. The summed E-state index contributed by atoms with van der Waals surface area (Å²) in [4.78, 5) is 12.5. The van der Waals surface area contributed by atoms with E-state index in [0.717, 1.165) is 29.8 Å². The molecule has 0 radical (unpaired) electrons. The first-order valence-electron chi connectivity index (χ1n) is 7.88. The summed E-state index contributed by atoms with van der Waals surface area (Å²) < 4.78 is 0. The number of hydrogen-bond acceptors (Lipinski definition) is 4. The van der Waals surface area contributed by atoms with E-state index in [1.54, 1.807) is 6.07 Å². The minimum absolute atomic E-state index is 0.0833. The zero-order chi connectivity index (χ0) is 16.6. The van der Waals surface area contributed by atoms with Gasteiger partial charge in [-0.3, -0.25) is 4.79 Å². The molecule has 23 heavy (non-hydrogen) atoms. The summed E-state index contributed by atoms with van der Waals surface area (Å²) in [5.74, 6) is -0.0865. The minimum atomic E-state index is -0.189. The van der Waals surface area contributed by atoms with Crippen LogP contribution in [0, 0.1) is 5.92 Å². The number of phenolic OH excluding ortho intramolecular Hbond substituents is 1. The van der Waals surface area contributed by atoms with Crippen LogP contribution in [0.2, 0.25) is 0 Å². The van der Waals surface area contributed by atoms with E-state index in [0.29, 0.717) is 12.1 Å². The summed E-state index contributed by atoms with van der Waals surface area (Å²) in [6.07, 6.45) is 2.07. The molecule has 0 spiro atoms. The average Bonchev–Trinajstić information content (AvgIpc) is 2.95. The van der Waals surface area contributed by atoms with Gasteiger partial charge < -0.3 is 10.4 Å². The number of fused-ring (bicyclic) bond motifs is 1. The van der Waals surface area contributed by atoms with Crippen LogP contribution in [0.15, 0.2) is 18.2 Å². The summed E-state index contributed by atoms with van der Waals surface area (Å²) in [5, 5.41) is 24.1. The third kappa shape index (κ3) is 3.06. The van der Waals surface area contributed by atoms with Crippen LogP contribution in [0.1, 0.15) is 44.1 Å². The van der Waals surface area contributed by atoms with E-state index in [1.807, 2.05) is 32.9 Å². The Hall–Kier alpha value is -2.37. The number of anilines is 1. The summed E-state index contributed by atoms with van der Waals surface area (Å²) in [7, 11) is 0. The molecule has 122 valence electrons. The lowest BCUT2D eigenvalue weighted by molar-refractivity contribution is -0.120. The van der Waals surface area contributed by atoms with Gasteiger partial charge in [0.15, 0.2) is 0 Å². The number of aromatic hydroxyl groups is 1. The van der Waals surface area contributed by atoms with Crippen LogP contribution >= 0.6 is 0 Å². The van der Waals surface area contributed by atoms with Crippen LogP contribution in [0.4, 0.5) is 5.69 Å². The molecule has 6 nitrogen and oxygen atoms in total. The summed E-state index contributed by atoms with van der Waals surface area (Å²) in [5.41, 5.74) is 2.91. The zero-order valence-electron chi connectivity index (χ0n) is 13.7. The van der Waals surface area contributed by atoms with Crippen LogP contribution in [0.5, 0.6) is 5.75 Å². The van der Waals surface area contributed by atoms with Gasteiger partial charge in [0.1, 0.15) is 5.75 Å². The van der Waals surface area contributed by atoms with E-state index >= 15 is 0 Å². The molecular formula is C17H22N4O2. The predicted octanol–water partition coefficient (Wildman–Crippen LogP) is 2.55. The van der Waals surface area contributed by atoms with Gasteiger partial charge in [0, 0.05) is 17.9 Å². The zero-order valence-corrected chi connectivity index (χ0v) is 13.7. The Morgan fingerprint density at radius 2 is 2.04 bits per heavy atom. The summed E-state index contributed by atoms with van der Waals surface area (Å²) in [6, 6.07) is 5.46. The maximum atomic E-state index is 12.5. The highest BCUT2D eigenvalue weighted by atomic mass is 16.3. The smallest absolute Gasteiger partial charge is 0.227 e. The fraction of sp³-hybridized carbons (Fsp3) is 0.471. The molecule has 1 amide bonds. The molecule has 1 aliphatic rings. The number of amides is 1. The van der Waals surface area contributed by atoms with Gasteiger partial charge in [0.05, 0.1) is 17.1 Å². The molecule has 1 aliphatic carbocycles. The maximum absolute atomic E-state index is 12.5. The number of aromatic amines is 1. The highest BCUT2D eigenvalue weighted by Crippen LogP contribution is 2.36. The number of rotatable bonds is 2. The molecule has 0 fully saturated rings. The minimum Gasteiger partial charge on any atom is -0.505 e. The monoisotopic (exact) mass is 314 g/mol. The second kappa shape index (κ2) is 5.68. The van der Waals surface area contributed by atoms with E-state index in [2.05, 4.69) is 20.7 Å². The third-order valence-electron chi connectivity index (χ3n) is 4.35. The molecule has 1 heterocycles. The van der Waals surface area contributed by atoms with Crippen molar-refractivity contribution in [3.8, 4) is 5.75 Å².